The lowest BCUT2D eigenvalue weighted by molar-refractivity contribution is 0.0350. The summed E-state index contributed by atoms with van der Waals surface area (Å²) in [5, 5.41) is 9.64. The average molecular weight is 249 g/mol. The predicted octanol–water partition coefficient (Wildman–Crippen LogP) is 1.95. The van der Waals surface area contributed by atoms with Crippen molar-refractivity contribution in [3.8, 4) is 5.75 Å². The molecule has 1 amide bonds. The highest BCUT2D eigenvalue weighted by Gasteiger charge is 2.23. The van der Waals surface area contributed by atoms with Gasteiger partial charge in [-0.3, -0.25) is 4.79 Å². The van der Waals surface area contributed by atoms with Gasteiger partial charge in [0.05, 0.1) is 6.10 Å². The number of hydrogen-bond donors (Lipinski definition) is 1. The van der Waals surface area contributed by atoms with Gasteiger partial charge in [-0.25, -0.2) is 0 Å². The number of ether oxygens (including phenoxy) is 1. The summed E-state index contributed by atoms with van der Waals surface area (Å²) in [6, 6.07) is 5.07. The highest BCUT2D eigenvalue weighted by Crippen LogP contribution is 2.20. The van der Waals surface area contributed by atoms with E-state index in [1.54, 1.807) is 25.3 Å². The molecule has 1 aliphatic rings. The van der Waals surface area contributed by atoms with Crippen molar-refractivity contribution in [1.82, 2.24) is 4.90 Å². The molecule has 18 heavy (non-hydrogen) atoms. The Balaban J connectivity index is 2.05. The zero-order valence-corrected chi connectivity index (χ0v) is 10.8. The third-order valence-corrected chi connectivity index (χ3v) is 3.52. The fourth-order valence-corrected chi connectivity index (χ4v) is 2.22. The standard InChI is InChI=1S/C14H19NO3/c1-10-3-4-11(9-13(10)16)14(17)15-7-5-12(18-2)6-8-15/h3-4,9,12,16H,5-8H2,1-2H3. The van der Waals surface area contributed by atoms with Crippen LogP contribution in [0, 0.1) is 6.92 Å². The summed E-state index contributed by atoms with van der Waals surface area (Å²) in [5.74, 6) is 0.160. The Morgan fingerprint density at radius 1 is 1.39 bits per heavy atom. The summed E-state index contributed by atoms with van der Waals surface area (Å²) >= 11 is 0. The molecule has 0 unspecified atom stereocenters. The van der Waals surface area contributed by atoms with Gasteiger partial charge in [0.25, 0.3) is 5.91 Å². The Kier molecular flexibility index (Phi) is 3.87. The molecule has 2 rings (SSSR count). The van der Waals surface area contributed by atoms with Gasteiger partial charge in [-0.15, -0.1) is 0 Å². The number of carbonyl (C=O) groups excluding carboxylic acids is 1. The van der Waals surface area contributed by atoms with Crippen molar-refractivity contribution in [3.05, 3.63) is 29.3 Å². The zero-order chi connectivity index (χ0) is 13.1. The summed E-state index contributed by atoms with van der Waals surface area (Å²) in [6.45, 7) is 3.24. The number of hydrogen-bond acceptors (Lipinski definition) is 3. The van der Waals surface area contributed by atoms with Crippen molar-refractivity contribution in [2.24, 2.45) is 0 Å². The van der Waals surface area contributed by atoms with Gasteiger partial charge in [0.2, 0.25) is 0 Å². The normalized spacial score (nSPS) is 16.9. The van der Waals surface area contributed by atoms with Gasteiger partial charge in [-0.05, 0) is 37.5 Å². The molecule has 4 nitrogen and oxygen atoms in total. The minimum absolute atomic E-state index is 0.0140. The number of carbonyl (C=O) groups is 1. The van der Waals surface area contributed by atoms with Crippen molar-refractivity contribution in [2.75, 3.05) is 20.2 Å². The van der Waals surface area contributed by atoms with E-state index in [1.165, 1.54) is 0 Å². The lowest BCUT2D eigenvalue weighted by Crippen LogP contribution is -2.40. The van der Waals surface area contributed by atoms with E-state index in [4.69, 9.17) is 4.74 Å². The van der Waals surface area contributed by atoms with Crippen LogP contribution in [0.4, 0.5) is 0 Å². The summed E-state index contributed by atoms with van der Waals surface area (Å²) in [7, 11) is 1.71. The largest absolute Gasteiger partial charge is 0.508 e. The molecule has 4 heteroatoms. The topological polar surface area (TPSA) is 49.8 Å². The fourth-order valence-electron chi connectivity index (χ4n) is 2.22. The number of nitrogens with zero attached hydrogens (tertiary/aromatic N) is 1. The van der Waals surface area contributed by atoms with E-state index in [1.807, 2.05) is 11.8 Å². The molecule has 0 aromatic heterocycles. The van der Waals surface area contributed by atoms with Crippen LogP contribution in [-0.2, 0) is 4.74 Å². The van der Waals surface area contributed by atoms with Gasteiger partial charge in [0.1, 0.15) is 5.75 Å². The maximum Gasteiger partial charge on any atom is 0.253 e. The highest BCUT2D eigenvalue weighted by molar-refractivity contribution is 5.94. The van der Waals surface area contributed by atoms with Crippen molar-refractivity contribution in [2.45, 2.75) is 25.9 Å². The number of rotatable bonds is 2. The molecule has 1 N–H and O–H groups in total. The molecule has 0 spiro atoms. The molecule has 1 aromatic carbocycles. The van der Waals surface area contributed by atoms with E-state index >= 15 is 0 Å². The maximum atomic E-state index is 12.2. The monoisotopic (exact) mass is 249 g/mol. The molecule has 98 valence electrons. The van der Waals surface area contributed by atoms with Gasteiger partial charge in [-0.2, -0.15) is 0 Å². The highest BCUT2D eigenvalue weighted by atomic mass is 16.5. The van der Waals surface area contributed by atoms with Crippen LogP contribution in [0.25, 0.3) is 0 Å². The second-order valence-corrected chi connectivity index (χ2v) is 4.73. The summed E-state index contributed by atoms with van der Waals surface area (Å²) in [6.07, 6.45) is 2.01. The third kappa shape index (κ3) is 2.64. The van der Waals surface area contributed by atoms with E-state index in [9.17, 15) is 9.90 Å². The van der Waals surface area contributed by atoms with Crippen LogP contribution in [0.15, 0.2) is 18.2 Å². The number of amides is 1. The van der Waals surface area contributed by atoms with E-state index < -0.39 is 0 Å². The van der Waals surface area contributed by atoms with E-state index in [0.717, 1.165) is 18.4 Å². The number of aryl methyl sites for hydroxylation is 1. The van der Waals surface area contributed by atoms with Crippen LogP contribution in [-0.4, -0.2) is 42.2 Å². The lowest BCUT2D eigenvalue weighted by atomic mass is 10.1. The molecule has 0 saturated carbocycles. The van der Waals surface area contributed by atoms with E-state index in [2.05, 4.69) is 0 Å². The first kappa shape index (κ1) is 12.9. The first-order chi connectivity index (χ1) is 8.61. The summed E-state index contributed by atoms with van der Waals surface area (Å²) in [4.78, 5) is 14.1. The zero-order valence-electron chi connectivity index (χ0n) is 10.8. The first-order valence-corrected chi connectivity index (χ1v) is 6.23. The van der Waals surface area contributed by atoms with E-state index in [-0.39, 0.29) is 17.8 Å². The van der Waals surface area contributed by atoms with Crippen molar-refractivity contribution in [1.29, 1.82) is 0 Å². The Bertz CT molecular complexity index is 437. The minimum Gasteiger partial charge on any atom is -0.508 e. The van der Waals surface area contributed by atoms with Gasteiger partial charge in [-0.1, -0.05) is 6.07 Å². The smallest absolute Gasteiger partial charge is 0.253 e. The van der Waals surface area contributed by atoms with Crippen LogP contribution < -0.4 is 0 Å². The predicted molar refractivity (Wildman–Crippen MR) is 68.8 cm³/mol. The van der Waals surface area contributed by atoms with Gasteiger partial charge in [0, 0.05) is 25.8 Å². The Hall–Kier alpha value is -1.55. The van der Waals surface area contributed by atoms with Gasteiger partial charge in [0.15, 0.2) is 0 Å². The molecule has 1 aliphatic heterocycles. The molecule has 1 heterocycles. The van der Waals surface area contributed by atoms with Crippen LogP contribution in [0.2, 0.25) is 0 Å². The van der Waals surface area contributed by atoms with Crippen molar-refractivity contribution < 1.29 is 14.6 Å². The quantitative estimate of drug-likeness (QED) is 0.871. The Morgan fingerprint density at radius 3 is 2.61 bits per heavy atom. The number of benzene rings is 1. The average Bonchev–Trinajstić information content (AvgIpc) is 2.41. The van der Waals surface area contributed by atoms with Crippen LogP contribution in [0.1, 0.15) is 28.8 Å². The molecular weight excluding hydrogens is 230 g/mol. The molecule has 0 atom stereocenters. The SMILES string of the molecule is COC1CCN(C(=O)c2ccc(C)c(O)c2)CC1. The summed E-state index contributed by atoms with van der Waals surface area (Å²) < 4.78 is 5.28. The number of methoxy groups -OCH3 is 1. The van der Waals surface area contributed by atoms with Gasteiger partial charge < -0.3 is 14.7 Å². The Labute approximate surface area is 107 Å². The number of phenols is 1. The number of likely N-dealkylation sites (tertiary alicyclic amines) is 1. The molecule has 1 fully saturated rings. The minimum atomic E-state index is -0.0140. The van der Waals surface area contributed by atoms with Crippen LogP contribution in [0.3, 0.4) is 0 Å². The maximum absolute atomic E-state index is 12.2. The molecule has 0 bridgehead atoms. The number of aromatic hydroxyl groups is 1. The second kappa shape index (κ2) is 5.40. The fraction of sp³-hybridized carbons (Fsp3) is 0.500. The molecule has 0 radical (unpaired) electrons. The molecule has 1 saturated heterocycles. The summed E-state index contributed by atoms with van der Waals surface area (Å²) in [5.41, 5.74) is 1.33. The number of piperidine rings is 1. The lowest BCUT2D eigenvalue weighted by Gasteiger charge is -2.31. The van der Waals surface area contributed by atoms with Crippen molar-refractivity contribution in [3.63, 3.8) is 0 Å². The molecule has 0 aliphatic carbocycles. The second-order valence-electron chi connectivity index (χ2n) is 4.73. The third-order valence-electron chi connectivity index (χ3n) is 3.52. The Morgan fingerprint density at radius 2 is 2.06 bits per heavy atom. The van der Waals surface area contributed by atoms with Crippen molar-refractivity contribution >= 4 is 5.91 Å². The van der Waals surface area contributed by atoms with E-state index in [0.29, 0.717) is 18.7 Å². The molecular formula is C14H19NO3. The molecule has 1 aromatic rings. The van der Waals surface area contributed by atoms with Crippen LogP contribution in [0.5, 0.6) is 5.75 Å². The first-order valence-electron chi connectivity index (χ1n) is 6.23. The van der Waals surface area contributed by atoms with Gasteiger partial charge >= 0.3 is 0 Å². The number of phenolic OH excluding ortho intramolecular Hbond substituents is 1. The van der Waals surface area contributed by atoms with Crippen LogP contribution >= 0.6 is 0 Å².